The van der Waals surface area contributed by atoms with E-state index in [1.54, 1.807) is 30.0 Å². The summed E-state index contributed by atoms with van der Waals surface area (Å²) in [5, 5.41) is 14.2. The fourth-order valence-electron chi connectivity index (χ4n) is 3.99. The highest BCUT2D eigenvalue weighted by Crippen LogP contribution is 2.30. The molecule has 1 fully saturated rings. The number of hydrogen-bond acceptors (Lipinski definition) is 8. The smallest absolute Gasteiger partial charge is 0.382 e. The number of halogens is 3. The maximum Gasteiger partial charge on any atom is 0.416 e. The second-order valence-electron chi connectivity index (χ2n) is 8.67. The van der Waals surface area contributed by atoms with E-state index < -0.39 is 23.8 Å². The molecule has 1 saturated heterocycles. The van der Waals surface area contributed by atoms with Gasteiger partial charge in [0.05, 0.1) is 30.1 Å². The number of amides is 2. The van der Waals surface area contributed by atoms with E-state index in [1.165, 1.54) is 18.3 Å². The number of carbonyl (C=O) groups excluding carboxylic acids is 2. The molecule has 1 aliphatic rings. The standard InChI is InChI=1S/C26H26F3N7O3/c1-2-21(37)36-11-12-39-19(14-36)22(30)18-8-10-33-24(31)23(18)34-17-5-3-15(4-6-17)25(38)35-20-13-16(7-9-32-20)26(27,28)29/h3-10,13,19,30,34H,2,11-12,14H2,1H3,(H2,31,33)(H,32,35,38)/t19-/m1/s1. The number of nitrogens with one attached hydrogen (secondary N) is 3. The van der Waals surface area contributed by atoms with Crippen molar-refractivity contribution in [1.29, 1.82) is 5.41 Å². The van der Waals surface area contributed by atoms with Crippen LogP contribution in [-0.2, 0) is 15.7 Å². The minimum absolute atomic E-state index is 0.0170. The highest BCUT2D eigenvalue weighted by atomic mass is 19.4. The van der Waals surface area contributed by atoms with Gasteiger partial charge in [-0.15, -0.1) is 0 Å². The minimum Gasteiger partial charge on any atom is -0.382 e. The first kappa shape index (κ1) is 27.5. The lowest BCUT2D eigenvalue weighted by Crippen LogP contribution is -2.48. The zero-order valence-electron chi connectivity index (χ0n) is 20.9. The van der Waals surface area contributed by atoms with Gasteiger partial charge in [-0.1, -0.05) is 6.92 Å². The normalized spacial score (nSPS) is 15.5. The number of pyridine rings is 2. The number of morpholine rings is 1. The second-order valence-corrected chi connectivity index (χ2v) is 8.67. The average Bonchev–Trinajstić information content (AvgIpc) is 2.93. The molecule has 10 nitrogen and oxygen atoms in total. The van der Waals surface area contributed by atoms with Gasteiger partial charge in [0, 0.05) is 42.2 Å². The summed E-state index contributed by atoms with van der Waals surface area (Å²) in [6.07, 6.45) is -2.41. The third-order valence-electron chi connectivity index (χ3n) is 6.06. The minimum atomic E-state index is -4.56. The number of anilines is 4. The van der Waals surface area contributed by atoms with Crippen molar-refractivity contribution >= 4 is 40.5 Å². The second kappa shape index (κ2) is 11.5. The molecule has 4 rings (SSSR count). The zero-order chi connectivity index (χ0) is 28.2. The van der Waals surface area contributed by atoms with Crippen LogP contribution in [0.25, 0.3) is 0 Å². The number of alkyl halides is 3. The van der Waals surface area contributed by atoms with Crippen LogP contribution in [0.2, 0.25) is 0 Å². The van der Waals surface area contributed by atoms with Crippen LogP contribution in [0.1, 0.15) is 34.8 Å². The summed E-state index contributed by atoms with van der Waals surface area (Å²) in [7, 11) is 0. The van der Waals surface area contributed by atoms with E-state index >= 15 is 0 Å². The predicted molar refractivity (Wildman–Crippen MR) is 139 cm³/mol. The average molecular weight is 542 g/mol. The molecule has 0 spiro atoms. The Hall–Kier alpha value is -4.52. The summed E-state index contributed by atoms with van der Waals surface area (Å²) in [6, 6.07) is 9.29. The van der Waals surface area contributed by atoms with Crippen LogP contribution in [0.5, 0.6) is 0 Å². The molecule has 204 valence electrons. The third kappa shape index (κ3) is 6.49. The maximum absolute atomic E-state index is 12.9. The van der Waals surface area contributed by atoms with Crippen LogP contribution < -0.4 is 16.4 Å². The third-order valence-corrected chi connectivity index (χ3v) is 6.06. The molecule has 0 radical (unpaired) electrons. The SMILES string of the molecule is CCC(=O)N1CCO[C@@H](C(=N)c2ccnc(N)c2Nc2ccc(C(=O)Nc3cc(C(F)(F)F)ccn3)cc2)C1. The number of carbonyl (C=O) groups is 2. The number of nitrogen functional groups attached to an aromatic ring is 1. The largest absolute Gasteiger partial charge is 0.416 e. The Kier molecular flexibility index (Phi) is 8.10. The fourth-order valence-corrected chi connectivity index (χ4v) is 3.99. The molecule has 2 aromatic heterocycles. The van der Waals surface area contributed by atoms with Crippen molar-refractivity contribution in [2.45, 2.75) is 25.6 Å². The topological polar surface area (TPSA) is 146 Å². The lowest BCUT2D eigenvalue weighted by molar-refractivity contribution is -0.137. The Morgan fingerprint density at radius 1 is 1.15 bits per heavy atom. The number of aromatic nitrogens is 2. The van der Waals surface area contributed by atoms with Crippen LogP contribution in [-0.4, -0.2) is 58.2 Å². The van der Waals surface area contributed by atoms with E-state index in [-0.39, 0.29) is 35.4 Å². The van der Waals surface area contributed by atoms with Crippen LogP contribution >= 0.6 is 0 Å². The molecule has 0 bridgehead atoms. The number of benzene rings is 1. The van der Waals surface area contributed by atoms with Gasteiger partial charge in [-0.05, 0) is 42.5 Å². The number of nitrogens with two attached hydrogens (primary N) is 1. The summed E-state index contributed by atoms with van der Waals surface area (Å²) in [5.74, 6) is -0.756. The van der Waals surface area contributed by atoms with Gasteiger partial charge in [0.15, 0.2) is 0 Å². The Morgan fingerprint density at radius 3 is 2.56 bits per heavy atom. The van der Waals surface area contributed by atoms with Crippen LogP contribution in [0.4, 0.5) is 36.2 Å². The van der Waals surface area contributed by atoms with E-state index in [0.29, 0.717) is 36.5 Å². The van der Waals surface area contributed by atoms with Crippen molar-refractivity contribution in [3.63, 3.8) is 0 Å². The molecule has 0 unspecified atom stereocenters. The van der Waals surface area contributed by atoms with Gasteiger partial charge in [0.1, 0.15) is 17.7 Å². The monoisotopic (exact) mass is 541 g/mol. The first-order chi connectivity index (χ1) is 18.6. The van der Waals surface area contributed by atoms with Crippen molar-refractivity contribution in [1.82, 2.24) is 14.9 Å². The Balaban J connectivity index is 1.48. The van der Waals surface area contributed by atoms with Crippen molar-refractivity contribution in [2.75, 3.05) is 36.1 Å². The molecule has 0 saturated carbocycles. The highest BCUT2D eigenvalue weighted by molar-refractivity contribution is 6.08. The number of hydrogen-bond donors (Lipinski definition) is 4. The van der Waals surface area contributed by atoms with Gasteiger partial charge in [-0.3, -0.25) is 9.59 Å². The molecule has 3 heterocycles. The lowest BCUT2D eigenvalue weighted by Gasteiger charge is -2.33. The van der Waals surface area contributed by atoms with Crippen molar-refractivity contribution in [3.05, 3.63) is 71.5 Å². The van der Waals surface area contributed by atoms with E-state index in [2.05, 4.69) is 20.6 Å². The van der Waals surface area contributed by atoms with Crippen LogP contribution in [0, 0.1) is 5.41 Å². The number of rotatable bonds is 7. The Morgan fingerprint density at radius 2 is 1.87 bits per heavy atom. The fraction of sp³-hybridized carbons (Fsp3) is 0.269. The summed E-state index contributed by atoms with van der Waals surface area (Å²) in [4.78, 5) is 34.2. The van der Waals surface area contributed by atoms with Gasteiger partial charge in [0.25, 0.3) is 5.91 Å². The maximum atomic E-state index is 12.9. The van der Waals surface area contributed by atoms with E-state index in [0.717, 1.165) is 18.3 Å². The lowest BCUT2D eigenvalue weighted by atomic mass is 10.0. The summed E-state index contributed by atoms with van der Waals surface area (Å²) >= 11 is 0. The highest BCUT2D eigenvalue weighted by Gasteiger charge is 2.31. The summed E-state index contributed by atoms with van der Waals surface area (Å²) in [6.45, 7) is 2.80. The first-order valence-corrected chi connectivity index (χ1v) is 12.0. The first-order valence-electron chi connectivity index (χ1n) is 12.0. The van der Waals surface area contributed by atoms with E-state index in [4.69, 9.17) is 15.9 Å². The van der Waals surface area contributed by atoms with Gasteiger partial charge < -0.3 is 31.4 Å². The molecule has 1 atom stereocenters. The molecular formula is C26H26F3N7O3. The molecule has 39 heavy (non-hydrogen) atoms. The van der Waals surface area contributed by atoms with E-state index in [9.17, 15) is 22.8 Å². The van der Waals surface area contributed by atoms with Gasteiger partial charge in [-0.25, -0.2) is 9.97 Å². The Labute approximate surface area is 221 Å². The quantitative estimate of drug-likeness (QED) is 0.330. The molecule has 13 heteroatoms. The van der Waals surface area contributed by atoms with E-state index in [1.807, 2.05) is 0 Å². The van der Waals surface area contributed by atoms with Crippen molar-refractivity contribution in [3.8, 4) is 0 Å². The molecule has 3 aromatic rings. The summed E-state index contributed by atoms with van der Waals surface area (Å²) < 4.78 is 44.6. The number of ether oxygens (including phenoxy) is 1. The van der Waals surface area contributed by atoms with Crippen molar-refractivity contribution < 1.29 is 27.5 Å². The Bertz CT molecular complexity index is 1380. The molecule has 2 amide bonds. The summed E-state index contributed by atoms with van der Waals surface area (Å²) in [5.41, 5.74) is 6.82. The molecule has 0 aliphatic carbocycles. The molecule has 1 aromatic carbocycles. The predicted octanol–water partition coefficient (Wildman–Crippen LogP) is 4.08. The zero-order valence-corrected chi connectivity index (χ0v) is 20.9. The molecular weight excluding hydrogens is 515 g/mol. The molecule has 1 aliphatic heterocycles. The van der Waals surface area contributed by atoms with Gasteiger partial charge >= 0.3 is 6.18 Å². The molecule has 5 N–H and O–H groups in total. The van der Waals surface area contributed by atoms with Crippen molar-refractivity contribution in [2.24, 2.45) is 0 Å². The van der Waals surface area contributed by atoms with Gasteiger partial charge in [-0.2, -0.15) is 13.2 Å². The van der Waals surface area contributed by atoms with Crippen LogP contribution in [0.3, 0.4) is 0 Å². The van der Waals surface area contributed by atoms with Gasteiger partial charge in [0.2, 0.25) is 5.91 Å². The number of nitrogens with zero attached hydrogens (tertiary/aromatic N) is 3. The van der Waals surface area contributed by atoms with Crippen LogP contribution in [0.15, 0.2) is 54.9 Å².